The SMILES string of the molecule is COc1ccc(C=C(NC(=O)c2ccccc2F)C(=O)N2CC3CC(C2)c2cccc(=O)n2C3)cc1OC. The predicted molar refractivity (Wildman–Crippen MR) is 140 cm³/mol. The molecule has 1 aromatic heterocycles. The Balaban J connectivity index is 1.48. The number of likely N-dealkylation sites (tertiary alicyclic amines) is 1. The zero-order chi connectivity index (χ0) is 26.8. The van der Waals surface area contributed by atoms with Crippen molar-refractivity contribution in [2.45, 2.75) is 18.9 Å². The van der Waals surface area contributed by atoms with E-state index in [1.807, 2.05) is 6.07 Å². The van der Waals surface area contributed by atoms with E-state index in [9.17, 15) is 18.8 Å². The van der Waals surface area contributed by atoms with Gasteiger partial charge in [0.25, 0.3) is 17.4 Å². The molecule has 2 amide bonds. The lowest BCUT2D eigenvalue weighted by Crippen LogP contribution is -2.50. The highest BCUT2D eigenvalue weighted by Gasteiger charge is 2.37. The third-order valence-corrected chi connectivity index (χ3v) is 7.08. The van der Waals surface area contributed by atoms with E-state index in [0.717, 1.165) is 12.1 Å². The number of pyridine rings is 1. The van der Waals surface area contributed by atoms with Crippen LogP contribution in [-0.2, 0) is 11.3 Å². The lowest BCUT2D eigenvalue weighted by atomic mass is 9.83. The van der Waals surface area contributed by atoms with Crippen molar-refractivity contribution in [1.29, 1.82) is 0 Å². The Morgan fingerprint density at radius 3 is 2.53 bits per heavy atom. The van der Waals surface area contributed by atoms with Crippen molar-refractivity contribution >= 4 is 17.9 Å². The average Bonchev–Trinajstić information content (AvgIpc) is 2.93. The number of carbonyl (C=O) groups excluding carboxylic acids is 2. The van der Waals surface area contributed by atoms with Crippen LogP contribution >= 0.6 is 0 Å². The number of methoxy groups -OCH3 is 2. The van der Waals surface area contributed by atoms with Gasteiger partial charge in [-0.15, -0.1) is 0 Å². The minimum atomic E-state index is -0.725. The maximum Gasteiger partial charge on any atom is 0.270 e. The first-order valence-corrected chi connectivity index (χ1v) is 12.4. The zero-order valence-electron chi connectivity index (χ0n) is 21.1. The Hall–Kier alpha value is -4.40. The van der Waals surface area contributed by atoms with E-state index in [1.54, 1.807) is 51.9 Å². The van der Waals surface area contributed by atoms with Crippen molar-refractivity contribution in [1.82, 2.24) is 14.8 Å². The fourth-order valence-corrected chi connectivity index (χ4v) is 5.33. The summed E-state index contributed by atoms with van der Waals surface area (Å²) in [4.78, 5) is 41.0. The molecule has 196 valence electrons. The number of halogens is 1. The summed E-state index contributed by atoms with van der Waals surface area (Å²) in [7, 11) is 3.03. The van der Waals surface area contributed by atoms with E-state index >= 15 is 0 Å². The number of piperidine rings is 1. The smallest absolute Gasteiger partial charge is 0.270 e. The Bertz CT molecular complexity index is 1480. The third kappa shape index (κ3) is 4.91. The molecule has 8 nitrogen and oxygen atoms in total. The molecule has 2 aliphatic heterocycles. The Morgan fingerprint density at radius 2 is 1.76 bits per heavy atom. The molecule has 1 saturated heterocycles. The lowest BCUT2D eigenvalue weighted by Gasteiger charge is -2.43. The first-order valence-electron chi connectivity index (χ1n) is 12.4. The zero-order valence-corrected chi connectivity index (χ0v) is 21.1. The molecule has 2 aliphatic rings. The van der Waals surface area contributed by atoms with E-state index in [4.69, 9.17) is 9.47 Å². The highest BCUT2D eigenvalue weighted by Crippen LogP contribution is 2.35. The van der Waals surface area contributed by atoms with Gasteiger partial charge in [0.2, 0.25) is 0 Å². The molecule has 2 unspecified atom stereocenters. The van der Waals surface area contributed by atoms with Gasteiger partial charge in [-0.05, 0) is 54.3 Å². The fourth-order valence-electron chi connectivity index (χ4n) is 5.33. The number of hydrogen-bond acceptors (Lipinski definition) is 5. The van der Waals surface area contributed by atoms with Gasteiger partial charge in [-0.25, -0.2) is 4.39 Å². The summed E-state index contributed by atoms with van der Waals surface area (Å²) in [5.41, 5.74) is 1.31. The number of hydrogen-bond donors (Lipinski definition) is 1. The normalized spacial score (nSPS) is 18.4. The molecule has 9 heteroatoms. The summed E-state index contributed by atoms with van der Waals surface area (Å²) < 4.78 is 26.8. The highest BCUT2D eigenvalue weighted by atomic mass is 19.1. The first-order chi connectivity index (χ1) is 18.4. The fraction of sp³-hybridized carbons (Fsp3) is 0.276. The summed E-state index contributed by atoms with van der Waals surface area (Å²) in [6, 6.07) is 16.0. The van der Waals surface area contributed by atoms with Crippen LogP contribution in [0.15, 0.2) is 71.2 Å². The van der Waals surface area contributed by atoms with Crippen LogP contribution in [-0.4, -0.2) is 48.6 Å². The molecular weight excluding hydrogens is 489 g/mol. The second kappa shape index (κ2) is 10.5. The molecule has 0 spiro atoms. The second-order valence-corrected chi connectivity index (χ2v) is 9.51. The lowest BCUT2D eigenvalue weighted by molar-refractivity contribution is -0.130. The maximum atomic E-state index is 14.4. The van der Waals surface area contributed by atoms with Gasteiger partial charge in [0.05, 0.1) is 19.8 Å². The van der Waals surface area contributed by atoms with Gasteiger partial charge in [0.15, 0.2) is 11.5 Å². The molecule has 3 heterocycles. The van der Waals surface area contributed by atoms with Crippen LogP contribution in [0.5, 0.6) is 11.5 Å². The molecule has 0 saturated carbocycles. The Kier molecular flexibility index (Phi) is 7.00. The van der Waals surface area contributed by atoms with Crippen molar-refractivity contribution in [3.05, 3.63) is 99.4 Å². The summed E-state index contributed by atoms with van der Waals surface area (Å²) in [6.45, 7) is 1.37. The number of nitrogens with zero attached hydrogens (tertiary/aromatic N) is 2. The third-order valence-electron chi connectivity index (χ3n) is 7.08. The molecule has 1 fully saturated rings. The quantitative estimate of drug-likeness (QED) is 0.506. The van der Waals surface area contributed by atoms with E-state index in [0.29, 0.717) is 36.7 Å². The molecule has 1 N–H and O–H groups in total. The topological polar surface area (TPSA) is 89.9 Å². The van der Waals surface area contributed by atoms with Crippen molar-refractivity contribution in [2.75, 3.05) is 27.3 Å². The largest absolute Gasteiger partial charge is 0.493 e. The number of amides is 2. The summed E-state index contributed by atoms with van der Waals surface area (Å²) in [5.74, 6) is -0.700. The molecule has 2 bridgehead atoms. The Morgan fingerprint density at radius 1 is 0.974 bits per heavy atom. The van der Waals surface area contributed by atoms with Gasteiger partial charge in [-0.1, -0.05) is 24.3 Å². The molecule has 0 aliphatic carbocycles. The summed E-state index contributed by atoms with van der Waals surface area (Å²) in [5, 5.41) is 2.64. The summed E-state index contributed by atoms with van der Waals surface area (Å²) >= 11 is 0. The number of ether oxygens (including phenoxy) is 2. The van der Waals surface area contributed by atoms with Gasteiger partial charge >= 0.3 is 0 Å². The number of fused-ring (bicyclic) bond motifs is 4. The number of benzene rings is 2. The van der Waals surface area contributed by atoms with Crippen LogP contribution in [0.4, 0.5) is 4.39 Å². The van der Waals surface area contributed by atoms with Gasteiger partial charge in [0.1, 0.15) is 11.5 Å². The van der Waals surface area contributed by atoms with Crippen LogP contribution in [0.3, 0.4) is 0 Å². The molecule has 2 aromatic carbocycles. The Labute approximate surface area is 219 Å². The van der Waals surface area contributed by atoms with Gasteiger partial charge < -0.3 is 24.3 Å². The van der Waals surface area contributed by atoms with Crippen molar-refractivity contribution in [2.24, 2.45) is 5.92 Å². The van der Waals surface area contributed by atoms with Crippen LogP contribution < -0.4 is 20.3 Å². The number of carbonyl (C=O) groups is 2. The molecule has 5 rings (SSSR count). The van der Waals surface area contributed by atoms with Crippen LogP contribution in [0.25, 0.3) is 6.08 Å². The van der Waals surface area contributed by atoms with Crippen LogP contribution in [0.1, 0.15) is 34.0 Å². The van der Waals surface area contributed by atoms with E-state index in [2.05, 4.69) is 5.32 Å². The molecule has 0 radical (unpaired) electrons. The highest BCUT2D eigenvalue weighted by molar-refractivity contribution is 6.05. The molecule has 38 heavy (non-hydrogen) atoms. The average molecular weight is 518 g/mol. The van der Waals surface area contributed by atoms with Crippen molar-refractivity contribution in [3.63, 3.8) is 0 Å². The summed E-state index contributed by atoms with van der Waals surface area (Å²) in [6.07, 6.45) is 2.43. The van der Waals surface area contributed by atoms with Gasteiger partial charge in [-0.2, -0.15) is 0 Å². The van der Waals surface area contributed by atoms with Crippen molar-refractivity contribution in [3.8, 4) is 11.5 Å². The van der Waals surface area contributed by atoms with E-state index < -0.39 is 11.7 Å². The monoisotopic (exact) mass is 517 g/mol. The van der Waals surface area contributed by atoms with Crippen LogP contribution in [0.2, 0.25) is 0 Å². The second-order valence-electron chi connectivity index (χ2n) is 9.51. The molecular formula is C29H28FN3O5. The van der Waals surface area contributed by atoms with E-state index in [-0.39, 0.29) is 34.6 Å². The number of rotatable bonds is 6. The van der Waals surface area contributed by atoms with E-state index in [1.165, 1.54) is 32.4 Å². The standard InChI is InChI=1S/C29H28FN3O5/c1-37-25-11-10-18(14-26(25)38-2)13-23(31-28(35)21-6-3-4-7-22(21)30)29(36)32-15-19-12-20(17-32)24-8-5-9-27(34)33(24)16-19/h3-11,13-14,19-20H,12,15-17H2,1-2H3,(H,31,35). The minimum Gasteiger partial charge on any atom is -0.493 e. The maximum absolute atomic E-state index is 14.4. The van der Waals surface area contributed by atoms with Gasteiger partial charge in [0, 0.05) is 37.3 Å². The minimum absolute atomic E-state index is 0.00458. The molecule has 3 aromatic rings. The first kappa shape index (κ1) is 25.3. The number of aromatic nitrogens is 1. The number of nitrogens with one attached hydrogen (secondary N) is 1. The molecule has 2 atom stereocenters. The van der Waals surface area contributed by atoms with Crippen molar-refractivity contribution < 1.29 is 23.5 Å². The van der Waals surface area contributed by atoms with Crippen LogP contribution in [0, 0.1) is 11.7 Å². The van der Waals surface area contributed by atoms with Gasteiger partial charge in [-0.3, -0.25) is 14.4 Å². The predicted octanol–water partition coefficient (Wildman–Crippen LogP) is 3.42.